The maximum absolute atomic E-state index is 10.0. The number of anilines is 1. The molecule has 0 aliphatic carbocycles. The molecule has 5 heteroatoms. The molecule has 4 rings (SSSR count). The Bertz CT molecular complexity index is 1110. The number of fused-ring (bicyclic) bond motifs is 1. The van der Waals surface area contributed by atoms with Gasteiger partial charge in [0.1, 0.15) is 18.1 Å². The smallest absolute Gasteiger partial charge is 0.119 e. The molecule has 3 aromatic rings. The number of nitrogens with zero attached hydrogens (tertiary/aromatic N) is 2. The van der Waals surface area contributed by atoms with Crippen LogP contribution in [-0.2, 0) is 6.42 Å². The first kappa shape index (κ1) is 26.3. The van der Waals surface area contributed by atoms with E-state index in [-0.39, 0.29) is 6.10 Å². The van der Waals surface area contributed by atoms with Crippen molar-refractivity contribution in [2.75, 3.05) is 38.3 Å². The van der Waals surface area contributed by atoms with E-state index in [1.807, 2.05) is 6.07 Å². The molecule has 0 radical (unpaired) electrons. The molecule has 36 heavy (non-hydrogen) atoms. The summed E-state index contributed by atoms with van der Waals surface area (Å²) in [7, 11) is 1.71. The second kappa shape index (κ2) is 12.0. The van der Waals surface area contributed by atoms with Gasteiger partial charge in [-0.25, -0.2) is 0 Å². The molecule has 5 nitrogen and oxygen atoms in total. The fourth-order valence-electron chi connectivity index (χ4n) is 5.37. The molecule has 0 saturated carbocycles. The third-order valence-electron chi connectivity index (χ3n) is 7.37. The zero-order valence-corrected chi connectivity index (χ0v) is 22.5. The molecule has 1 heterocycles. The first-order chi connectivity index (χ1) is 17.4. The number of benzene rings is 3. The van der Waals surface area contributed by atoms with Gasteiger partial charge in [0.15, 0.2) is 0 Å². The van der Waals surface area contributed by atoms with Gasteiger partial charge in [-0.05, 0) is 92.8 Å². The highest BCUT2D eigenvalue weighted by atomic mass is 16.5. The summed E-state index contributed by atoms with van der Waals surface area (Å²) >= 11 is 0. The molecule has 0 spiro atoms. The first-order valence-electron chi connectivity index (χ1n) is 13.4. The summed E-state index contributed by atoms with van der Waals surface area (Å²) in [6, 6.07) is 20.3. The van der Waals surface area contributed by atoms with Gasteiger partial charge >= 0.3 is 0 Å². The number of aliphatic hydroxyl groups is 1. The normalized spacial score (nSPS) is 14.9. The monoisotopic (exact) mass is 490 g/mol. The fourth-order valence-corrected chi connectivity index (χ4v) is 5.37. The van der Waals surface area contributed by atoms with Crippen LogP contribution in [0.25, 0.3) is 10.8 Å². The van der Waals surface area contributed by atoms with Crippen molar-refractivity contribution in [2.24, 2.45) is 0 Å². The molecular weight excluding hydrogens is 448 g/mol. The highest BCUT2D eigenvalue weighted by molar-refractivity contribution is 5.91. The standard InChI is InChI=1S/C31H42N2O3/c1-22(2)33(23(3)4)18-19-36-27-9-6-24(7-10-27)20-30-29-12-11-28(35-5)21-25(29)8-13-31(30)32-16-14-26(34)15-17-32/h6-13,21-23,26,34H,14-20H2,1-5H3. The van der Waals surface area contributed by atoms with Crippen LogP contribution in [0.1, 0.15) is 51.7 Å². The highest BCUT2D eigenvalue weighted by Gasteiger charge is 2.21. The molecule has 0 aromatic heterocycles. The number of aliphatic hydroxyl groups excluding tert-OH is 1. The summed E-state index contributed by atoms with van der Waals surface area (Å²) in [5.74, 6) is 1.79. The van der Waals surface area contributed by atoms with E-state index >= 15 is 0 Å². The van der Waals surface area contributed by atoms with E-state index in [0.29, 0.717) is 18.7 Å². The Kier molecular flexibility index (Phi) is 8.76. The second-order valence-corrected chi connectivity index (χ2v) is 10.5. The molecule has 1 aliphatic heterocycles. The lowest BCUT2D eigenvalue weighted by molar-refractivity contribution is 0.142. The average Bonchev–Trinajstić information content (AvgIpc) is 2.87. The third kappa shape index (κ3) is 6.32. The van der Waals surface area contributed by atoms with Crippen LogP contribution >= 0.6 is 0 Å². The van der Waals surface area contributed by atoms with Crippen LogP contribution in [0.2, 0.25) is 0 Å². The zero-order valence-electron chi connectivity index (χ0n) is 22.5. The van der Waals surface area contributed by atoms with Crippen molar-refractivity contribution in [1.82, 2.24) is 4.90 Å². The Morgan fingerprint density at radius 3 is 2.22 bits per heavy atom. The van der Waals surface area contributed by atoms with Gasteiger partial charge in [0.2, 0.25) is 0 Å². The SMILES string of the molecule is COc1ccc2c(Cc3ccc(OCCN(C(C)C)C(C)C)cc3)c(N3CCC(O)CC3)ccc2c1. The van der Waals surface area contributed by atoms with E-state index < -0.39 is 0 Å². The van der Waals surface area contributed by atoms with Gasteiger partial charge in [-0.15, -0.1) is 0 Å². The molecule has 1 aliphatic rings. The fraction of sp³-hybridized carbons (Fsp3) is 0.484. The van der Waals surface area contributed by atoms with Crippen molar-refractivity contribution in [3.8, 4) is 11.5 Å². The van der Waals surface area contributed by atoms with Gasteiger partial charge < -0.3 is 19.5 Å². The minimum Gasteiger partial charge on any atom is -0.497 e. The molecule has 1 N–H and O–H groups in total. The third-order valence-corrected chi connectivity index (χ3v) is 7.37. The zero-order chi connectivity index (χ0) is 25.7. The van der Waals surface area contributed by atoms with Crippen LogP contribution in [0.15, 0.2) is 54.6 Å². The first-order valence-corrected chi connectivity index (χ1v) is 13.4. The number of rotatable bonds is 10. The van der Waals surface area contributed by atoms with E-state index in [1.54, 1.807) is 7.11 Å². The number of piperidine rings is 1. The van der Waals surface area contributed by atoms with Crippen LogP contribution in [-0.4, -0.2) is 61.5 Å². The lowest BCUT2D eigenvalue weighted by atomic mass is 9.94. The molecule has 3 aromatic carbocycles. The Hall–Kier alpha value is -2.76. The summed E-state index contributed by atoms with van der Waals surface area (Å²) in [5, 5.41) is 12.5. The van der Waals surface area contributed by atoms with Gasteiger partial charge in [0, 0.05) is 43.8 Å². The van der Waals surface area contributed by atoms with Crippen LogP contribution in [0.4, 0.5) is 5.69 Å². The van der Waals surface area contributed by atoms with Crippen molar-refractivity contribution < 1.29 is 14.6 Å². The van der Waals surface area contributed by atoms with E-state index in [2.05, 4.69) is 86.0 Å². The molecule has 0 bridgehead atoms. The van der Waals surface area contributed by atoms with Gasteiger partial charge in [-0.3, -0.25) is 4.90 Å². The van der Waals surface area contributed by atoms with E-state index in [1.165, 1.54) is 27.6 Å². The number of hydrogen-bond acceptors (Lipinski definition) is 5. The number of ether oxygens (including phenoxy) is 2. The summed E-state index contributed by atoms with van der Waals surface area (Å²) in [5.41, 5.74) is 3.85. The van der Waals surface area contributed by atoms with Gasteiger partial charge in [-0.2, -0.15) is 0 Å². The van der Waals surface area contributed by atoms with Crippen LogP contribution in [0.3, 0.4) is 0 Å². The molecule has 1 fully saturated rings. The van der Waals surface area contributed by atoms with E-state index in [9.17, 15) is 5.11 Å². The summed E-state index contributed by atoms with van der Waals surface area (Å²) in [6.45, 7) is 12.3. The maximum Gasteiger partial charge on any atom is 0.119 e. The number of hydrogen-bond donors (Lipinski definition) is 1. The van der Waals surface area contributed by atoms with Crippen molar-refractivity contribution in [3.63, 3.8) is 0 Å². The minimum atomic E-state index is -0.185. The number of methoxy groups -OCH3 is 1. The van der Waals surface area contributed by atoms with E-state index in [4.69, 9.17) is 9.47 Å². The van der Waals surface area contributed by atoms with Gasteiger partial charge in [-0.1, -0.05) is 24.3 Å². The maximum atomic E-state index is 10.0. The molecule has 0 unspecified atom stereocenters. The Balaban J connectivity index is 1.53. The van der Waals surface area contributed by atoms with Crippen LogP contribution in [0.5, 0.6) is 11.5 Å². The van der Waals surface area contributed by atoms with Crippen LogP contribution < -0.4 is 14.4 Å². The predicted molar refractivity (Wildman–Crippen MR) is 150 cm³/mol. The quantitative estimate of drug-likeness (QED) is 0.383. The second-order valence-electron chi connectivity index (χ2n) is 10.5. The Labute approximate surface area is 216 Å². The molecule has 0 amide bonds. The summed E-state index contributed by atoms with van der Waals surface area (Å²) in [4.78, 5) is 4.88. The molecular formula is C31H42N2O3. The summed E-state index contributed by atoms with van der Waals surface area (Å²) in [6.07, 6.45) is 2.29. The van der Waals surface area contributed by atoms with E-state index in [0.717, 1.165) is 50.4 Å². The minimum absolute atomic E-state index is 0.185. The highest BCUT2D eigenvalue weighted by Crippen LogP contribution is 2.34. The van der Waals surface area contributed by atoms with Crippen molar-refractivity contribution in [1.29, 1.82) is 0 Å². The average molecular weight is 491 g/mol. The predicted octanol–water partition coefficient (Wildman–Crippen LogP) is 5.90. The van der Waals surface area contributed by atoms with Crippen molar-refractivity contribution in [2.45, 2.75) is 65.1 Å². The molecule has 0 atom stereocenters. The largest absolute Gasteiger partial charge is 0.497 e. The Morgan fingerprint density at radius 1 is 0.917 bits per heavy atom. The summed E-state index contributed by atoms with van der Waals surface area (Å²) < 4.78 is 11.5. The van der Waals surface area contributed by atoms with Crippen molar-refractivity contribution >= 4 is 16.5 Å². The lowest BCUT2D eigenvalue weighted by Gasteiger charge is -2.33. The molecule has 194 valence electrons. The Morgan fingerprint density at radius 2 is 1.58 bits per heavy atom. The van der Waals surface area contributed by atoms with Gasteiger partial charge in [0.25, 0.3) is 0 Å². The van der Waals surface area contributed by atoms with Crippen molar-refractivity contribution in [3.05, 3.63) is 65.7 Å². The topological polar surface area (TPSA) is 45.2 Å². The molecule has 1 saturated heterocycles. The van der Waals surface area contributed by atoms with Gasteiger partial charge in [0.05, 0.1) is 13.2 Å². The lowest BCUT2D eigenvalue weighted by Crippen LogP contribution is -2.39. The van der Waals surface area contributed by atoms with Crippen LogP contribution in [0, 0.1) is 0 Å².